The van der Waals surface area contributed by atoms with Crippen molar-refractivity contribution in [3.05, 3.63) is 62.6 Å². The molecule has 0 unspecified atom stereocenters. The molecule has 0 radical (unpaired) electrons. The van der Waals surface area contributed by atoms with Crippen LogP contribution in [0.4, 0.5) is 8.78 Å². The summed E-state index contributed by atoms with van der Waals surface area (Å²) in [7, 11) is -2.92. The zero-order valence-electron chi connectivity index (χ0n) is 12.5. The molecule has 0 aliphatic rings. The lowest BCUT2D eigenvalue weighted by Gasteiger charge is -2.08. The Morgan fingerprint density at radius 1 is 1.26 bits per heavy atom. The highest BCUT2D eigenvalue weighted by Crippen LogP contribution is 2.27. The van der Waals surface area contributed by atoms with Gasteiger partial charge in [-0.15, -0.1) is 0 Å². The van der Waals surface area contributed by atoms with Crippen molar-refractivity contribution in [2.45, 2.75) is 6.42 Å². The van der Waals surface area contributed by atoms with Gasteiger partial charge in [-0.05, 0) is 47.9 Å². The van der Waals surface area contributed by atoms with Gasteiger partial charge in [0.2, 0.25) is 0 Å². The van der Waals surface area contributed by atoms with E-state index >= 15 is 0 Å². The number of halogens is 4. The molecule has 2 aromatic carbocycles. The Morgan fingerprint density at radius 2 is 1.95 bits per heavy atom. The van der Waals surface area contributed by atoms with Crippen LogP contribution in [0.3, 0.4) is 0 Å². The molecular formula is C14H10BrClF2O. The molecule has 100 valence electrons. The summed E-state index contributed by atoms with van der Waals surface area (Å²) < 4.78 is 53.6. The standard InChI is InChI=1S/C14H10BrClF2O/c1-19-14-12(17)5-8(6-13(14)18)4-9-7-10(15)2-3-11(9)16/h2-3,5-7H,4H2,1H3/i1D3. The fourth-order valence-electron chi connectivity index (χ4n) is 1.71. The van der Waals surface area contributed by atoms with Crippen molar-refractivity contribution in [3.63, 3.8) is 0 Å². The molecule has 0 heterocycles. The van der Waals surface area contributed by atoms with Gasteiger partial charge in [-0.2, -0.15) is 0 Å². The molecule has 2 rings (SSSR count). The molecule has 2 aromatic rings. The molecule has 0 N–H and O–H groups in total. The second kappa shape index (κ2) is 5.88. The molecule has 19 heavy (non-hydrogen) atoms. The van der Waals surface area contributed by atoms with Crippen molar-refractivity contribution in [3.8, 4) is 5.75 Å². The van der Waals surface area contributed by atoms with Gasteiger partial charge in [-0.1, -0.05) is 27.5 Å². The van der Waals surface area contributed by atoms with Crippen LogP contribution in [0, 0.1) is 11.6 Å². The summed E-state index contributed by atoms with van der Waals surface area (Å²) in [6.07, 6.45) is 0.195. The Morgan fingerprint density at radius 3 is 2.58 bits per heavy atom. The third-order valence-electron chi connectivity index (χ3n) is 2.56. The van der Waals surface area contributed by atoms with Crippen LogP contribution in [0.2, 0.25) is 5.02 Å². The van der Waals surface area contributed by atoms with Gasteiger partial charge in [0.05, 0.1) is 11.2 Å². The van der Waals surface area contributed by atoms with Crippen molar-refractivity contribution in [1.82, 2.24) is 0 Å². The number of hydrogen-bond donors (Lipinski definition) is 0. The fourth-order valence-corrected chi connectivity index (χ4v) is 2.30. The van der Waals surface area contributed by atoms with Gasteiger partial charge in [-0.3, -0.25) is 0 Å². The molecule has 5 heteroatoms. The van der Waals surface area contributed by atoms with E-state index in [1.165, 1.54) is 0 Å². The maximum Gasteiger partial charge on any atom is 0.190 e. The van der Waals surface area contributed by atoms with Crippen molar-refractivity contribution < 1.29 is 17.6 Å². The topological polar surface area (TPSA) is 9.23 Å². The van der Waals surface area contributed by atoms with Crippen molar-refractivity contribution >= 4 is 27.5 Å². The van der Waals surface area contributed by atoms with Gasteiger partial charge in [0.15, 0.2) is 17.4 Å². The molecule has 0 atom stereocenters. The lowest BCUT2D eigenvalue weighted by Crippen LogP contribution is -1.97. The van der Waals surface area contributed by atoms with Crippen LogP contribution < -0.4 is 4.74 Å². The average Bonchev–Trinajstić information content (AvgIpc) is 2.37. The Labute approximate surface area is 127 Å². The monoisotopic (exact) mass is 349 g/mol. The van der Waals surface area contributed by atoms with Gasteiger partial charge < -0.3 is 4.74 Å². The maximum atomic E-state index is 13.9. The number of hydrogen-bond acceptors (Lipinski definition) is 1. The highest BCUT2D eigenvalue weighted by molar-refractivity contribution is 9.10. The number of rotatable bonds is 3. The normalized spacial score (nSPS) is 13.6. The van der Waals surface area contributed by atoms with Crippen LogP contribution in [0.5, 0.6) is 5.75 Å². The summed E-state index contributed by atoms with van der Waals surface area (Å²) in [4.78, 5) is 0. The van der Waals surface area contributed by atoms with E-state index in [4.69, 9.17) is 15.7 Å². The van der Waals surface area contributed by atoms with Crippen LogP contribution in [0.25, 0.3) is 0 Å². The van der Waals surface area contributed by atoms with Crippen LogP contribution in [0.1, 0.15) is 15.2 Å². The summed E-state index contributed by atoms with van der Waals surface area (Å²) in [6, 6.07) is 7.22. The third kappa shape index (κ3) is 3.25. The Bertz CT molecular complexity index is 684. The van der Waals surface area contributed by atoms with E-state index in [0.29, 0.717) is 16.1 Å². The molecule has 0 saturated heterocycles. The molecule has 1 nitrogen and oxygen atoms in total. The highest BCUT2D eigenvalue weighted by Gasteiger charge is 2.12. The Kier molecular flexibility index (Phi) is 3.29. The molecule has 0 fully saturated rings. The van der Waals surface area contributed by atoms with E-state index in [2.05, 4.69) is 20.7 Å². The SMILES string of the molecule is [2H]C([2H])([2H])Oc1c(F)cc(Cc2cc(Br)ccc2Cl)cc1F. The summed E-state index contributed by atoms with van der Waals surface area (Å²) in [5.74, 6) is -3.06. The minimum absolute atomic E-state index is 0.195. The van der Waals surface area contributed by atoms with E-state index in [1.807, 2.05) is 0 Å². The summed E-state index contributed by atoms with van der Waals surface area (Å²) in [5.41, 5.74) is 0.993. The van der Waals surface area contributed by atoms with E-state index < -0.39 is 24.4 Å². The summed E-state index contributed by atoms with van der Waals surface area (Å²) in [5, 5.41) is 0.465. The average molecular weight is 351 g/mol. The number of ether oxygens (including phenoxy) is 1. The fraction of sp³-hybridized carbons (Fsp3) is 0.143. The van der Waals surface area contributed by atoms with E-state index in [-0.39, 0.29) is 6.42 Å². The quantitative estimate of drug-likeness (QED) is 0.758. The van der Waals surface area contributed by atoms with Gasteiger partial charge >= 0.3 is 0 Å². The van der Waals surface area contributed by atoms with Crippen molar-refractivity contribution in [1.29, 1.82) is 0 Å². The van der Waals surface area contributed by atoms with E-state index in [9.17, 15) is 8.78 Å². The summed E-state index contributed by atoms with van der Waals surface area (Å²) >= 11 is 9.33. The van der Waals surface area contributed by atoms with Gasteiger partial charge in [0.1, 0.15) is 0 Å². The zero-order valence-corrected chi connectivity index (χ0v) is 11.9. The first-order valence-electron chi connectivity index (χ1n) is 6.76. The Balaban J connectivity index is 2.32. The van der Waals surface area contributed by atoms with Crippen molar-refractivity contribution in [2.24, 2.45) is 0 Å². The van der Waals surface area contributed by atoms with Gasteiger partial charge in [0, 0.05) is 9.50 Å². The molecule has 0 aromatic heterocycles. The predicted molar refractivity (Wildman–Crippen MR) is 74.9 cm³/mol. The minimum atomic E-state index is -2.92. The molecular weight excluding hydrogens is 338 g/mol. The molecule has 0 amide bonds. The molecule has 0 saturated carbocycles. The maximum absolute atomic E-state index is 13.9. The lowest BCUT2D eigenvalue weighted by atomic mass is 10.0. The largest absolute Gasteiger partial charge is 0.491 e. The first kappa shape index (κ1) is 10.6. The van der Waals surface area contributed by atoms with Crippen LogP contribution in [-0.4, -0.2) is 7.04 Å². The minimum Gasteiger partial charge on any atom is -0.491 e. The zero-order chi connectivity index (χ0) is 16.5. The predicted octanol–water partition coefficient (Wildman–Crippen LogP) is 4.98. The van der Waals surface area contributed by atoms with E-state index in [1.54, 1.807) is 18.2 Å². The molecule has 0 aliphatic heterocycles. The Hall–Kier alpha value is -1.13. The lowest BCUT2D eigenvalue weighted by molar-refractivity contribution is 0.359. The second-order valence-electron chi connectivity index (χ2n) is 3.90. The smallest absolute Gasteiger partial charge is 0.190 e. The van der Waals surface area contributed by atoms with Gasteiger partial charge in [0.25, 0.3) is 0 Å². The van der Waals surface area contributed by atoms with Crippen molar-refractivity contribution in [2.75, 3.05) is 7.04 Å². The van der Waals surface area contributed by atoms with Crippen LogP contribution >= 0.6 is 27.5 Å². The summed E-state index contributed by atoms with van der Waals surface area (Å²) in [6.45, 7) is 0. The number of benzene rings is 2. The van der Waals surface area contributed by atoms with E-state index in [0.717, 1.165) is 16.6 Å². The van der Waals surface area contributed by atoms with Crippen LogP contribution in [-0.2, 0) is 6.42 Å². The molecule has 0 bridgehead atoms. The number of methoxy groups -OCH3 is 1. The molecule has 0 aliphatic carbocycles. The molecule has 0 spiro atoms. The third-order valence-corrected chi connectivity index (χ3v) is 3.42. The highest BCUT2D eigenvalue weighted by atomic mass is 79.9. The van der Waals surface area contributed by atoms with Gasteiger partial charge in [-0.25, -0.2) is 8.78 Å². The first-order chi connectivity index (χ1) is 10.2. The first-order valence-corrected chi connectivity index (χ1v) is 6.43. The van der Waals surface area contributed by atoms with Crippen LogP contribution in [0.15, 0.2) is 34.8 Å². The second-order valence-corrected chi connectivity index (χ2v) is 5.23.